The van der Waals surface area contributed by atoms with Gasteiger partial charge in [0.25, 0.3) is 0 Å². The van der Waals surface area contributed by atoms with Crippen LogP contribution in [-0.4, -0.2) is 27.5 Å². The Balaban J connectivity index is 2.30. The second-order valence-electron chi connectivity index (χ2n) is 5.41. The molecule has 0 unspecified atom stereocenters. The molecule has 0 bridgehead atoms. The minimum absolute atomic E-state index is 0.00823. The highest BCUT2D eigenvalue weighted by molar-refractivity contribution is 7.89. The summed E-state index contributed by atoms with van der Waals surface area (Å²) in [6.45, 7) is 0. The molecule has 5 nitrogen and oxygen atoms in total. The Morgan fingerprint density at radius 1 is 1.12 bits per heavy atom. The van der Waals surface area contributed by atoms with Crippen molar-refractivity contribution in [2.75, 3.05) is 7.11 Å². The molecule has 0 amide bonds. The second-order valence-corrected chi connectivity index (χ2v) is 7.13. The van der Waals surface area contributed by atoms with E-state index in [4.69, 9.17) is 0 Å². The average molecular weight is 387 g/mol. The number of carbonyl (C=O) groups is 1. The lowest BCUT2D eigenvalue weighted by molar-refractivity contribution is -0.142. The van der Waals surface area contributed by atoms with Crippen molar-refractivity contribution in [3.8, 4) is 0 Å². The van der Waals surface area contributed by atoms with Gasteiger partial charge in [0.2, 0.25) is 10.0 Å². The van der Waals surface area contributed by atoms with Crippen LogP contribution in [0, 0.1) is 0 Å². The fourth-order valence-corrected chi connectivity index (χ4v) is 3.49. The van der Waals surface area contributed by atoms with E-state index in [1.54, 1.807) is 30.3 Å². The predicted octanol–water partition coefficient (Wildman–Crippen LogP) is 2.77. The van der Waals surface area contributed by atoms with Gasteiger partial charge in [-0.15, -0.1) is 0 Å². The van der Waals surface area contributed by atoms with Crippen molar-refractivity contribution < 1.29 is 31.1 Å². The highest BCUT2D eigenvalue weighted by Gasteiger charge is 2.33. The SMILES string of the molecule is COC(=O)[C@@H](Cc1ccccc1)NS(=O)(=O)c1cccc(C(F)(F)F)c1. The fourth-order valence-electron chi connectivity index (χ4n) is 2.26. The summed E-state index contributed by atoms with van der Waals surface area (Å²) in [5.74, 6) is -0.843. The van der Waals surface area contributed by atoms with Crippen molar-refractivity contribution in [3.63, 3.8) is 0 Å². The van der Waals surface area contributed by atoms with Crippen molar-refractivity contribution in [2.45, 2.75) is 23.5 Å². The van der Waals surface area contributed by atoms with Gasteiger partial charge >= 0.3 is 12.1 Å². The highest BCUT2D eigenvalue weighted by atomic mass is 32.2. The molecule has 0 aliphatic rings. The topological polar surface area (TPSA) is 72.5 Å². The van der Waals surface area contributed by atoms with Crippen molar-refractivity contribution >= 4 is 16.0 Å². The number of nitrogens with one attached hydrogen (secondary N) is 1. The minimum Gasteiger partial charge on any atom is -0.468 e. The molecule has 2 aromatic carbocycles. The van der Waals surface area contributed by atoms with Gasteiger partial charge in [-0.3, -0.25) is 4.79 Å². The first-order valence-corrected chi connectivity index (χ1v) is 8.93. The van der Waals surface area contributed by atoms with Crippen LogP contribution in [0.4, 0.5) is 13.2 Å². The summed E-state index contributed by atoms with van der Waals surface area (Å²) in [5, 5.41) is 0. The van der Waals surface area contributed by atoms with E-state index in [2.05, 4.69) is 9.46 Å². The zero-order valence-electron chi connectivity index (χ0n) is 13.7. The molecule has 2 aromatic rings. The van der Waals surface area contributed by atoms with Gasteiger partial charge in [0.1, 0.15) is 6.04 Å². The monoisotopic (exact) mass is 387 g/mol. The number of hydrogen-bond acceptors (Lipinski definition) is 4. The van der Waals surface area contributed by atoms with Crippen molar-refractivity contribution in [2.24, 2.45) is 0 Å². The van der Waals surface area contributed by atoms with Crippen molar-refractivity contribution in [1.82, 2.24) is 4.72 Å². The quantitative estimate of drug-likeness (QED) is 0.774. The van der Waals surface area contributed by atoms with Crippen LogP contribution in [0.15, 0.2) is 59.5 Å². The van der Waals surface area contributed by atoms with E-state index < -0.39 is 38.7 Å². The highest BCUT2D eigenvalue weighted by Crippen LogP contribution is 2.30. The Bertz CT molecular complexity index is 867. The van der Waals surface area contributed by atoms with Crippen LogP contribution < -0.4 is 4.72 Å². The van der Waals surface area contributed by atoms with Gasteiger partial charge in [-0.25, -0.2) is 8.42 Å². The van der Waals surface area contributed by atoms with Gasteiger partial charge in [-0.2, -0.15) is 17.9 Å². The first kappa shape index (κ1) is 19.9. The summed E-state index contributed by atoms with van der Waals surface area (Å²) in [6.07, 6.45) is -4.69. The standard InChI is InChI=1S/C17H16F3NO4S/c1-25-16(22)15(10-12-6-3-2-4-7-12)21-26(23,24)14-9-5-8-13(11-14)17(18,19)20/h2-9,11,15,21H,10H2,1H3/t15-/m1/s1. The summed E-state index contributed by atoms with van der Waals surface area (Å²) in [6, 6.07) is 10.6. The zero-order chi connectivity index (χ0) is 19.4. The number of alkyl halides is 3. The molecule has 2 rings (SSSR count). The maximum atomic E-state index is 12.8. The van der Waals surface area contributed by atoms with E-state index >= 15 is 0 Å². The molecule has 0 aliphatic heterocycles. The molecule has 140 valence electrons. The Morgan fingerprint density at radius 3 is 2.35 bits per heavy atom. The Morgan fingerprint density at radius 2 is 1.77 bits per heavy atom. The molecule has 0 spiro atoms. The molecule has 0 aliphatic carbocycles. The summed E-state index contributed by atoms with van der Waals surface area (Å²) < 4.78 is 70.0. The van der Waals surface area contributed by atoms with E-state index in [9.17, 15) is 26.4 Å². The normalized spacial score (nSPS) is 13.2. The summed E-state index contributed by atoms with van der Waals surface area (Å²) in [4.78, 5) is 11.3. The number of esters is 1. The molecule has 26 heavy (non-hydrogen) atoms. The number of methoxy groups -OCH3 is 1. The maximum Gasteiger partial charge on any atom is 0.416 e. The lowest BCUT2D eigenvalue weighted by atomic mass is 10.1. The molecule has 0 radical (unpaired) electrons. The van der Waals surface area contributed by atoms with E-state index in [1.165, 1.54) is 0 Å². The van der Waals surface area contributed by atoms with Crippen LogP contribution in [0.5, 0.6) is 0 Å². The van der Waals surface area contributed by atoms with E-state index in [0.29, 0.717) is 11.6 Å². The van der Waals surface area contributed by atoms with E-state index in [-0.39, 0.29) is 6.42 Å². The van der Waals surface area contributed by atoms with Gasteiger partial charge in [0.15, 0.2) is 0 Å². The summed E-state index contributed by atoms with van der Waals surface area (Å²) in [5.41, 5.74) is -0.437. The van der Waals surface area contributed by atoms with Gasteiger partial charge in [0, 0.05) is 0 Å². The Labute approximate surface area is 148 Å². The van der Waals surface area contributed by atoms with Gasteiger partial charge < -0.3 is 4.74 Å². The van der Waals surface area contributed by atoms with Crippen molar-refractivity contribution in [1.29, 1.82) is 0 Å². The lowest BCUT2D eigenvalue weighted by Crippen LogP contribution is -2.43. The first-order valence-electron chi connectivity index (χ1n) is 7.45. The van der Waals surface area contributed by atoms with E-state index in [1.807, 2.05) is 0 Å². The summed E-state index contributed by atoms with van der Waals surface area (Å²) >= 11 is 0. The van der Waals surface area contributed by atoms with Crippen LogP contribution in [0.25, 0.3) is 0 Å². The number of benzene rings is 2. The maximum absolute atomic E-state index is 12.8. The summed E-state index contributed by atoms with van der Waals surface area (Å²) in [7, 11) is -3.27. The number of ether oxygens (including phenoxy) is 1. The Kier molecular flexibility index (Phi) is 6.04. The molecule has 0 heterocycles. The number of hydrogen-bond donors (Lipinski definition) is 1. The first-order chi connectivity index (χ1) is 12.1. The molecule has 0 saturated carbocycles. The third kappa shape index (κ3) is 5.06. The van der Waals surface area contributed by atoms with Crippen LogP contribution >= 0.6 is 0 Å². The molecular formula is C17H16F3NO4S. The fraction of sp³-hybridized carbons (Fsp3) is 0.235. The average Bonchev–Trinajstić information content (AvgIpc) is 2.60. The molecule has 0 saturated heterocycles. The molecule has 9 heteroatoms. The third-order valence-electron chi connectivity index (χ3n) is 3.54. The number of carbonyl (C=O) groups excluding carboxylic acids is 1. The zero-order valence-corrected chi connectivity index (χ0v) is 14.5. The van der Waals surface area contributed by atoms with Gasteiger partial charge in [-0.1, -0.05) is 36.4 Å². The van der Waals surface area contributed by atoms with Gasteiger partial charge in [-0.05, 0) is 30.2 Å². The van der Waals surface area contributed by atoms with Crippen LogP contribution in [0.3, 0.4) is 0 Å². The number of sulfonamides is 1. The number of rotatable bonds is 6. The van der Waals surface area contributed by atoms with Gasteiger partial charge in [0.05, 0.1) is 17.6 Å². The molecule has 0 fully saturated rings. The smallest absolute Gasteiger partial charge is 0.416 e. The largest absolute Gasteiger partial charge is 0.468 e. The molecular weight excluding hydrogens is 371 g/mol. The van der Waals surface area contributed by atoms with Crippen molar-refractivity contribution in [3.05, 3.63) is 65.7 Å². The van der Waals surface area contributed by atoms with Crippen LogP contribution in [-0.2, 0) is 32.2 Å². The van der Waals surface area contributed by atoms with Crippen LogP contribution in [0.2, 0.25) is 0 Å². The number of halogens is 3. The predicted molar refractivity (Wildman–Crippen MR) is 87.7 cm³/mol. The second kappa shape index (κ2) is 7.88. The van der Waals surface area contributed by atoms with Crippen LogP contribution in [0.1, 0.15) is 11.1 Å². The minimum atomic E-state index is -4.68. The molecule has 0 aromatic heterocycles. The third-order valence-corrected chi connectivity index (χ3v) is 5.01. The van der Waals surface area contributed by atoms with E-state index in [0.717, 1.165) is 25.3 Å². The lowest BCUT2D eigenvalue weighted by Gasteiger charge is -2.17. The molecule has 1 atom stereocenters. The Hall–Kier alpha value is -2.39. The molecule has 1 N–H and O–H groups in total.